The lowest BCUT2D eigenvalue weighted by molar-refractivity contribution is -0.132. The summed E-state index contributed by atoms with van der Waals surface area (Å²) in [6.07, 6.45) is 2.35. The molecular weight excluding hydrogens is 278 g/mol. The maximum atomic E-state index is 12.5. The number of Topliss-reactive ketones (excluding diaryl/α,β-unsaturated/α-hetero) is 1. The molecule has 1 amide bonds. The highest BCUT2D eigenvalue weighted by molar-refractivity contribution is 6.08. The van der Waals surface area contributed by atoms with Crippen LogP contribution in [0.4, 0.5) is 0 Å². The lowest BCUT2D eigenvalue weighted by Crippen LogP contribution is -2.49. The molecule has 22 heavy (non-hydrogen) atoms. The Labute approximate surface area is 129 Å². The second-order valence-electron chi connectivity index (χ2n) is 5.68. The molecule has 116 valence electrons. The highest BCUT2D eigenvalue weighted by Crippen LogP contribution is 2.18. The van der Waals surface area contributed by atoms with Gasteiger partial charge in [-0.3, -0.25) is 14.5 Å². The number of aromatic nitrogens is 1. The third kappa shape index (κ3) is 2.90. The molecule has 0 saturated carbocycles. The van der Waals surface area contributed by atoms with Crippen LogP contribution < -0.4 is 0 Å². The van der Waals surface area contributed by atoms with Gasteiger partial charge in [-0.15, -0.1) is 0 Å². The van der Waals surface area contributed by atoms with E-state index >= 15 is 0 Å². The van der Waals surface area contributed by atoms with E-state index in [0.717, 1.165) is 29.6 Å². The van der Waals surface area contributed by atoms with Crippen LogP contribution >= 0.6 is 0 Å². The lowest BCUT2D eigenvalue weighted by Gasteiger charge is -2.34. The first-order valence-corrected chi connectivity index (χ1v) is 7.78. The van der Waals surface area contributed by atoms with E-state index in [-0.39, 0.29) is 11.7 Å². The number of amides is 1. The molecular formula is C17H21N3O2. The zero-order chi connectivity index (χ0) is 15.5. The molecule has 1 saturated heterocycles. The van der Waals surface area contributed by atoms with Gasteiger partial charge in [-0.1, -0.05) is 25.1 Å². The molecule has 1 aromatic heterocycles. The molecule has 5 heteroatoms. The summed E-state index contributed by atoms with van der Waals surface area (Å²) in [5.41, 5.74) is 1.74. The molecule has 0 atom stereocenters. The number of carbonyl (C=O) groups excluding carboxylic acids is 2. The van der Waals surface area contributed by atoms with E-state index in [1.165, 1.54) is 0 Å². The van der Waals surface area contributed by atoms with Crippen molar-refractivity contribution in [3.63, 3.8) is 0 Å². The minimum absolute atomic E-state index is 0.132. The number of aromatic amines is 1. The Hall–Kier alpha value is -2.14. The minimum atomic E-state index is 0.132. The van der Waals surface area contributed by atoms with Crippen molar-refractivity contribution >= 4 is 22.6 Å². The van der Waals surface area contributed by atoms with Crippen LogP contribution in [0.25, 0.3) is 10.9 Å². The monoisotopic (exact) mass is 299 g/mol. The predicted molar refractivity (Wildman–Crippen MR) is 85.9 cm³/mol. The number of hydrogen-bond acceptors (Lipinski definition) is 3. The van der Waals surface area contributed by atoms with Crippen molar-refractivity contribution in [2.45, 2.75) is 13.3 Å². The maximum Gasteiger partial charge on any atom is 0.222 e. The Balaban J connectivity index is 1.62. The third-order valence-corrected chi connectivity index (χ3v) is 4.28. The van der Waals surface area contributed by atoms with Gasteiger partial charge in [-0.05, 0) is 6.07 Å². The highest BCUT2D eigenvalue weighted by atomic mass is 16.2. The molecule has 0 bridgehead atoms. The van der Waals surface area contributed by atoms with Crippen LogP contribution in [0.2, 0.25) is 0 Å². The zero-order valence-corrected chi connectivity index (χ0v) is 12.8. The van der Waals surface area contributed by atoms with Crippen LogP contribution in [0.3, 0.4) is 0 Å². The van der Waals surface area contributed by atoms with Gasteiger partial charge in [0.2, 0.25) is 5.91 Å². The molecule has 0 radical (unpaired) electrons. The normalized spacial score (nSPS) is 16.1. The maximum absolute atomic E-state index is 12.5. The number of rotatable bonds is 4. The van der Waals surface area contributed by atoms with Gasteiger partial charge in [0.25, 0.3) is 0 Å². The molecule has 1 aliphatic rings. The molecule has 1 aromatic carbocycles. The van der Waals surface area contributed by atoms with E-state index < -0.39 is 0 Å². The number of piperazine rings is 1. The quantitative estimate of drug-likeness (QED) is 0.877. The first-order valence-electron chi connectivity index (χ1n) is 7.78. The number of hydrogen-bond donors (Lipinski definition) is 1. The van der Waals surface area contributed by atoms with Gasteiger partial charge in [0.1, 0.15) is 0 Å². The summed E-state index contributed by atoms with van der Waals surface area (Å²) >= 11 is 0. The van der Waals surface area contributed by atoms with Crippen LogP contribution in [-0.2, 0) is 4.79 Å². The summed E-state index contributed by atoms with van der Waals surface area (Å²) in [7, 11) is 0. The van der Waals surface area contributed by atoms with Gasteiger partial charge in [0, 0.05) is 55.3 Å². The molecule has 0 spiro atoms. The Bertz CT molecular complexity index is 684. The summed E-state index contributed by atoms with van der Waals surface area (Å²) in [5, 5.41) is 0.979. The molecule has 1 fully saturated rings. The number of H-pyrrole nitrogens is 1. The molecule has 0 aliphatic carbocycles. The van der Waals surface area contributed by atoms with Crippen molar-refractivity contribution in [3.8, 4) is 0 Å². The van der Waals surface area contributed by atoms with Gasteiger partial charge < -0.3 is 9.88 Å². The first-order chi connectivity index (χ1) is 10.7. The molecule has 1 N–H and O–H groups in total. The summed E-state index contributed by atoms with van der Waals surface area (Å²) in [6, 6.07) is 7.84. The van der Waals surface area contributed by atoms with Gasteiger partial charge in [0.15, 0.2) is 5.78 Å². The fourth-order valence-electron chi connectivity index (χ4n) is 2.97. The minimum Gasteiger partial charge on any atom is -0.360 e. The molecule has 3 rings (SSSR count). The Morgan fingerprint density at radius 2 is 1.86 bits per heavy atom. The van der Waals surface area contributed by atoms with E-state index in [0.29, 0.717) is 26.1 Å². The number of para-hydroxylation sites is 1. The summed E-state index contributed by atoms with van der Waals surface area (Å²) in [4.78, 5) is 31.3. The van der Waals surface area contributed by atoms with Gasteiger partial charge >= 0.3 is 0 Å². The summed E-state index contributed by atoms with van der Waals surface area (Å²) < 4.78 is 0. The van der Waals surface area contributed by atoms with Gasteiger partial charge in [-0.25, -0.2) is 0 Å². The SMILES string of the molecule is CCC(=O)N1CCN(CC(=O)c2c[nH]c3ccccc23)CC1. The Morgan fingerprint density at radius 1 is 1.14 bits per heavy atom. The van der Waals surface area contributed by atoms with E-state index in [4.69, 9.17) is 0 Å². The topological polar surface area (TPSA) is 56.4 Å². The standard InChI is InChI=1S/C17H21N3O2/c1-2-17(22)20-9-7-19(8-10-20)12-16(21)14-11-18-15-6-4-3-5-13(14)15/h3-6,11,18H,2,7-10,12H2,1H3. The van der Waals surface area contributed by atoms with E-state index in [1.54, 1.807) is 6.20 Å². The van der Waals surface area contributed by atoms with Crippen LogP contribution in [0.15, 0.2) is 30.5 Å². The van der Waals surface area contributed by atoms with Crippen molar-refractivity contribution in [1.29, 1.82) is 0 Å². The van der Waals surface area contributed by atoms with Crippen molar-refractivity contribution in [2.75, 3.05) is 32.7 Å². The largest absolute Gasteiger partial charge is 0.360 e. The van der Waals surface area contributed by atoms with Crippen LogP contribution in [-0.4, -0.2) is 59.2 Å². The molecule has 1 aliphatic heterocycles. The number of nitrogens with one attached hydrogen (secondary N) is 1. The average molecular weight is 299 g/mol. The zero-order valence-electron chi connectivity index (χ0n) is 12.8. The molecule has 0 unspecified atom stereocenters. The number of carbonyl (C=O) groups is 2. The van der Waals surface area contributed by atoms with Crippen LogP contribution in [0.5, 0.6) is 0 Å². The summed E-state index contributed by atoms with van der Waals surface area (Å²) in [5.74, 6) is 0.329. The fraction of sp³-hybridized carbons (Fsp3) is 0.412. The van der Waals surface area contributed by atoms with Crippen LogP contribution in [0.1, 0.15) is 23.7 Å². The van der Waals surface area contributed by atoms with Crippen molar-refractivity contribution in [1.82, 2.24) is 14.8 Å². The number of ketones is 1. The van der Waals surface area contributed by atoms with Gasteiger partial charge in [0.05, 0.1) is 6.54 Å². The van der Waals surface area contributed by atoms with Crippen LogP contribution in [0, 0.1) is 0 Å². The van der Waals surface area contributed by atoms with Crippen molar-refractivity contribution in [2.24, 2.45) is 0 Å². The van der Waals surface area contributed by atoms with Gasteiger partial charge in [-0.2, -0.15) is 0 Å². The number of benzene rings is 1. The molecule has 2 heterocycles. The molecule has 5 nitrogen and oxygen atoms in total. The Morgan fingerprint density at radius 3 is 2.59 bits per heavy atom. The fourth-order valence-corrected chi connectivity index (χ4v) is 2.97. The van der Waals surface area contributed by atoms with E-state index in [1.807, 2.05) is 36.1 Å². The number of nitrogens with zero attached hydrogens (tertiary/aromatic N) is 2. The summed E-state index contributed by atoms with van der Waals surface area (Å²) in [6.45, 7) is 5.26. The molecule has 2 aromatic rings. The lowest BCUT2D eigenvalue weighted by atomic mass is 10.1. The van der Waals surface area contributed by atoms with E-state index in [9.17, 15) is 9.59 Å². The third-order valence-electron chi connectivity index (χ3n) is 4.28. The van der Waals surface area contributed by atoms with Crippen molar-refractivity contribution in [3.05, 3.63) is 36.0 Å². The highest BCUT2D eigenvalue weighted by Gasteiger charge is 2.22. The Kier molecular flexibility index (Phi) is 4.24. The first kappa shape index (κ1) is 14.8. The average Bonchev–Trinajstić information content (AvgIpc) is 2.99. The predicted octanol–water partition coefficient (Wildman–Crippen LogP) is 1.90. The van der Waals surface area contributed by atoms with E-state index in [2.05, 4.69) is 9.88 Å². The second-order valence-corrected chi connectivity index (χ2v) is 5.68. The second kappa shape index (κ2) is 6.32. The van der Waals surface area contributed by atoms with Crippen molar-refractivity contribution < 1.29 is 9.59 Å². The smallest absolute Gasteiger partial charge is 0.222 e. The number of fused-ring (bicyclic) bond motifs is 1.